The van der Waals surface area contributed by atoms with Crippen LogP contribution in [-0.2, 0) is 4.79 Å². The Hall–Kier alpha value is -1.79. The minimum Gasteiger partial charge on any atom is -0.491 e. The van der Waals surface area contributed by atoms with Crippen molar-refractivity contribution in [3.05, 3.63) is 24.3 Å². The lowest BCUT2D eigenvalue weighted by Gasteiger charge is -2.20. The molecule has 1 aliphatic rings. The first-order valence-electron chi connectivity index (χ1n) is 7.17. The molecule has 1 aliphatic carbocycles. The topological polar surface area (TPSA) is 87.8 Å². The first kappa shape index (κ1) is 15.6. The van der Waals surface area contributed by atoms with Crippen LogP contribution >= 0.6 is 0 Å². The van der Waals surface area contributed by atoms with E-state index < -0.39 is 6.10 Å². The van der Waals surface area contributed by atoms with Gasteiger partial charge in [0.1, 0.15) is 18.5 Å². The van der Waals surface area contributed by atoms with Crippen LogP contribution in [-0.4, -0.2) is 54.8 Å². The molecule has 1 aromatic carbocycles. The van der Waals surface area contributed by atoms with Gasteiger partial charge < -0.3 is 20.9 Å². The Bertz CT molecular complexity index is 477. The molecule has 2 rings (SSSR count). The smallest absolute Gasteiger partial charge is 0.234 e. The number of nitrogens with one attached hydrogen (secondary N) is 1. The van der Waals surface area contributed by atoms with E-state index in [0.29, 0.717) is 24.0 Å². The highest BCUT2D eigenvalue weighted by molar-refractivity contribution is 5.78. The average molecular weight is 293 g/mol. The number of nitrogens with zero attached hydrogens (tertiary/aromatic N) is 1. The van der Waals surface area contributed by atoms with Crippen molar-refractivity contribution < 1.29 is 14.6 Å². The number of anilines is 1. The normalized spacial score (nSPS) is 15.8. The maximum atomic E-state index is 11.6. The fraction of sp³-hybridized carbons (Fsp3) is 0.533. The highest BCUT2D eigenvalue weighted by Crippen LogP contribution is 2.18. The summed E-state index contributed by atoms with van der Waals surface area (Å²) in [4.78, 5) is 13.4. The molecule has 4 N–H and O–H groups in total. The molecule has 0 bridgehead atoms. The van der Waals surface area contributed by atoms with Crippen molar-refractivity contribution in [3.63, 3.8) is 0 Å². The zero-order valence-electron chi connectivity index (χ0n) is 12.3. The lowest BCUT2D eigenvalue weighted by Crippen LogP contribution is -2.40. The van der Waals surface area contributed by atoms with Crippen LogP contribution in [0.25, 0.3) is 0 Å². The van der Waals surface area contributed by atoms with E-state index in [1.54, 1.807) is 36.2 Å². The van der Waals surface area contributed by atoms with Crippen LogP contribution < -0.4 is 15.8 Å². The molecule has 0 aromatic heterocycles. The molecule has 1 fully saturated rings. The molecule has 1 atom stereocenters. The number of nitrogen functional groups attached to an aromatic ring is 1. The van der Waals surface area contributed by atoms with Crippen LogP contribution in [0.5, 0.6) is 5.75 Å². The fourth-order valence-electron chi connectivity index (χ4n) is 2.02. The molecule has 1 saturated carbocycles. The predicted octanol–water partition coefficient (Wildman–Crippen LogP) is 0.219. The van der Waals surface area contributed by atoms with Gasteiger partial charge in [-0.3, -0.25) is 9.69 Å². The largest absolute Gasteiger partial charge is 0.491 e. The number of aliphatic hydroxyl groups is 1. The Labute approximate surface area is 124 Å². The number of hydrogen-bond donors (Lipinski definition) is 3. The van der Waals surface area contributed by atoms with E-state index in [0.717, 1.165) is 12.8 Å². The molecule has 116 valence electrons. The molecule has 0 radical (unpaired) electrons. The maximum Gasteiger partial charge on any atom is 0.234 e. The van der Waals surface area contributed by atoms with E-state index in [-0.39, 0.29) is 19.1 Å². The van der Waals surface area contributed by atoms with Crippen molar-refractivity contribution in [3.8, 4) is 5.75 Å². The number of benzene rings is 1. The summed E-state index contributed by atoms with van der Waals surface area (Å²) in [5, 5.41) is 12.8. The van der Waals surface area contributed by atoms with Gasteiger partial charge in [-0.15, -0.1) is 0 Å². The van der Waals surface area contributed by atoms with Gasteiger partial charge in [-0.2, -0.15) is 0 Å². The Balaban J connectivity index is 1.65. The van der Waals surface area contributed by atoms with E-state index >= 15 is 0 Å². The summed E-state index contributed by atoms with van der Waals surface area (Å²) in [5.41, 5.74) is 6.27. The number of nitrogens with two attached hydrogens (primary N) is 1. The second-order valence-corrected chi connectivity index (χ2v) is 5.58. The lowest BCUT2D eigenvalue weighted by atomic mass is 10.3. The van der Waals surface area contributed by atoms with Gasteiger partial charge >= 0.3 is 0 Å². The SMILES string of the molecule is CN(CC(=O)NC1CC1)CC(O)COc1cccc(N)c1. The predicted molar refractivity (Wildman–Crippen MR) is 81.0 cm³/mol. The second-order valence-electron chi connectivity index (χ2n) is 5.58. The van der Waals surface area contributed by atoms with Crippen LogP contribution in [0, 0.1) is 0 Å². The maximum absolute atomic E-state index is 11.6. The number of carbonyl (C=O) groups excluding carboxylic acids is 1. The van der Waals surface area contributed by atoms with Gasteiger partial charge in [-0.05, 0) is 32.0 Å². The molecule has 1 aromatic rings. The minimum absolute atomic E-state index is 0.00366. The molecular weight excluding hydrogens is 270 g/mol. The summed E-state index contributed by atoms with van der Waals surface area (Å²) >= 11 is 0. The molecule has 6 heteroatoms. The van der Waals surface area contributed by atoms with E-state index in [1.807, 2.05) is 0 Å². The van der Waals surface area contributed by atoms with Crippen molar-refractivity contribution in [2.24, 2.45) is 0 Å². The highest BCUT2D eigenvalue weighted by Gasteiger charge is 2.23. The zero-order valence-corrected chi connectivity index (χ0v) is 12.3. The Kier molecular flexibility index (Phi) is 5.41. The zero-order chi connectivity index (χ0) is 15.2. The number of likely N-dealkylation sites (N-methyl/N-ethyl adjacent to an activating group) is 1. The summed E-state index contributed by atoms with van der Waals surface area (Å²) in [6, 6.07) is 7.43. The van der Waals surface area contributed by atoms with Gasteiger partial charge in [0.2, 0.25) is 5.91 Å². The molecule has 6 nitrogen and oxygen atoms in total. The standard InChI is InChI=1S/C15H23N3O3/c1-18(9-15(20)17-12-5-6-12)8-13(19)10-21-14-4-2-3-11(16)7-14/h2-4,7,12-13,19H,5-6,8-10,16H2,1H3,(H,17,20). The minimum atomic E-state index is -0.662. The summed E-state index contributed by atoms with van der Waals surface area (Å²) < 4.78 is 5.47. The third-order valence-corrected chi connectivity index (χ3v) is 3.18. The summed E-state index contributed by atoms with van der Waals surface area (Å²) in [6.07, 6.45) is 1.49. The van der Waals surface area contributed by atoms with Crippen LogP contribution in [0.2, 0.25) is 0 Å². The van der Waals surface area contributed by atoms with Crippen LogP contribution in [0.3, 0.4) is 0 Å². The number of amides is 1. The van der Waals surface area contributed by atoms with Gasteiger partial charge in [0, 0.05) is 24.3 Å². The number of aliphatic hydroxyl groups excluding tert-OH is 1. The molecule has 0 aliphatic heterocycles. The first-order valence-corrected chi connectivity index (χ1v) is 7.17. The second kappa shape index (κ2) is 7.28. The van der Waals surface area contributed by atoms with Gasteiger partial charge in [-0.25, -0.2) is 0 Å². The number of ether oxygens (including phenoxy) is 1. The molecular formula is C15H23N3O3. The Morgan fingerprint density at radius 2 is 2.33 bits per heavy atom. The monoisotopic (exact) mass is 293 g/mol. The van der Waals surface area contributed by atoms with E-state index in [2.05, 4.69) is 5.32 Å². The lowest BCUT2D eigenvalue weighted by molar-refractivity contribution is -0.122. The van der Waals surface area contributed by atoms with E-state index in [9.17, 15) is 9.90 Å². The molecule has 1 unspecified atom stereocenters. The molecule has 0 heterocycles. The third-order valence-electron chi connectivity index (χ3n) is 3.18. The van der Waals surface area contributed by atoms with Crippen molar-refractivity contribution in [2.75, 3.05) is 32.5 Å². The molecule has 0 spiro atoms. The van der Waals surface area contributed by atoms with Crippen molar-refractivity contribution in [1.82, 2.24) is 10.2 Å². The van der Waals surface area contributed by atoms with E-state index in [4.69, 9.17) is 10.5 Å². The van der Waals surface area contributed by atoms with E-state index in [1.165, 1.54) is 0 Å². The number of hydrogen-bond acceptors (Lipinski definition) is 5. The highest BCUT2D eigenvalue weighted by atomic mass is 16.5. The number of carbonyl (C=O) groups is 1. The van der Waals surface area contributed by atoms with Gasteiger partial charge in [0.05, 0.1) is 6.54 Å². The molecule has 0 saturated heterocycles. The van der Waals surface area contributed by atoms with Crippen LogP contribution in [0.1, 0.15) is 12.8 Å². The summed E-state index contributed by atoms with van der Waals surface area (Å²) in [5.74, 6) is 0.632. The van der Waals surface area contributed by atoms with Gasteiger partial charge in [0.25, 0.3) is 0 Å². The Morgan fingerprint density at radius 1 is 1.57 bits per heavy atom. The van der Waals surface area contributed by atoms with Gasteiger partial charge in [-0.1, -0.05) is 6.07 Å². The summed E-state index contributed by atoms with van der Waals surface area (Å²) in [7, 11) is 1.80. The first-order chi connectivity index (χ1) is 10.0. The molecule has 21 heavy (non-hydrogen) atoms. The quantitative estimate of drug-likeness (QED) is 0.597. The van der Waals surface area contributed by atoms with Crippen molar-refractivity contribution in [2.45, 2.75) is 25.0 Å². The van der Waals surface area contributed by atoms with Crippen molar-refractivity contribution in [1.29, 1.82) is 0 Å². The third kappa shape index (κ3) is 6.01. The van der Waals surface area contributed by atoms with Crippen LogP contribution in [0.15, 0.2) is 24.3 Å². The van der Waals surface area contributed by atoms with Crippen LogP contribution in [0.4, 0.5) is 5.69 Å². The average Bonchev–Trinajstić information content (AvgIpc) is 3.20. The van der Waals surface area contributed by atoms with Gasteiger partial charge in [0.15, 0.2) is 0 Å². The van der Waals surface area contributed by atoms with Crippen molar-refractivity contribution >= 4 is 11.6 Å². The fourth-order valence-corrected chi connectivity index (χ4v) is 2.02. The Morgan fingerprint density at radius 3 is 3.00 bits per heavy atom. The molecule has 1 amide bonds. The summed E-state index contributed by atoms with van der Waals surface area (Å²) in [6.45, 7) is 0.824. The number of rotatable bonds is 8.